The fourth-order valence-corrected chi connectivity index (χ4v) is 1.97. The zero-order chi connectivity index (χ0) is 16.1. The average Bonchev–Trinajstić information content (AvgIpc) is 3.00. The number of esters is 1. The number of imidazole rings is 1. The van der Waals surface area contributed by atoms with Crippen LogP contribution in [0.4, 0.5) is 10.1 Å². The number of anilines is 1. The smallest absolute Gasteiger partial charge is 0.308 e. The number of aromatic nitrogens is 2. The second-order valence-corrected chi connectivity index (χ2v) is 4.81. The summed E-state index contributed by atoms with van der Waals surface area (Å²) in [6, 6.07) is 4.34. The lowest BCUT2D eigenvalue weighted by molar-refractivity contribution is -0.146. The minimum absolute atomic E-state index is 0.0302. The standard InChI is InChI=1S/C15H16FN3O3/c1-10(15(21)22-2)7-14(20)18-11-3-4-13(12(16)8-11)19-6-5-17-9-19/h3-6,8-10H,7H2,1-2H3,(H,18,20)/t10-/m1/s1. The van der Waals surface area contributed by atoms with Crippen LogP contribution in [-0.4, -0.2) is 28.5 Å². The van der Waals surface area contributed by atoms with Crippen molar-refractivity contribution in [3.63, 3.8) is 0 Å². The van der Waals surface area contributed by atoms with Crippen molar-refractivity contribution in [1.29, 1.82) is 0 Å². The summed E-state index contributed by atoms with van der Waals surface area (Å²) < 4.78 is 20.1. The van der Waals surface area contributed by atoms with Crippen LogP contribution in [0.1, 0.15) is 13.3 Å². The number of rotatable bonds is 5. The van der Waals surface area contributed by atoms with Gasteiger partial charge >= 0.3 is 5.97 Å². The number of carbonyl (C=O) groups is 2. The summed E-state index contributed by atoms with van der Waals surface area (Å²) in [4.78, 5) is 26.9. The molecule has 1 amide bonds. The minimum Gasteiger partial charge on any atom is -0.469 e. The molecule has 7 heteroatoms. The Kier molecular flexibility index (Phi) is 4.88. The highest BCUT2D eigenvalue weighted by molar-refractivity contribution is 5.93. The predicted octanol–water partition coefficient (Wildman–Crippen LogP) is 2.15. The molecule has 1 N–H and O–H groups in total. The van der Waals surface area contributed by atoms with Crippen LogP contribution in [-0.2, 0) is 14.3 Å². The van der Waals surface area contributed by atoms with E-state index in [0.717, 1.165) is 0 Å². The van der Waals surface area contributed by atoms with Crippen molar-refractivity contribution in [2.24, 2.45) is 5.92 Å². The van der Waals surface area contributed by atoms with Gasteiger partial charge in [-0.1, -0.05) is 6.92 Å². The van der Waals surface area contributed by atoms with Gasteiger partial charge in [-0.05, 0) is 18.2 Å². The summed E-state index contributed by atoms with van der Waals surface area (Å²) in [6.45, 7) is 1.59. The van der Waals surface area contributed by atoms with Gasteiger partial charge in [0.1, 0.15) is 5.82 Å². The Morgan fingerprint density at radius 2 is 2.23 bits per heavy atom. The van der Waals surface area contributed by atoms with E-state index in [4.69, 9.17) is 0 Å². The van der Waals surface area contributed by atoms with E-state index in [2.05, 4.69) is 15.0 Å². The van der Waals surface area contributed by atoms with Crippen LogP contribution in [0, 0.1) is 11.7 Å². The highest BCUT2D eigenvalue weighted by Crippen LogP contribution is 2.18. The van der Waals surface area contributed by atoms with Crippen LogP contribution in [0.25, 0.3) is 5.69 Å². The molecule has 0 unspecified atom stereocenters. The number of benzene rings is 1. The first-order valence-electron chi connectivity index (χ1n) is 6.67. The van der Waals surface area contributed by atoms with Crippen LogP contribution in [0.15, 0.2) is 36.9 Å². The molecule has 0 aliphatic rings. The maximum Gasteiger partial charge on any atom is 0.308 e. The van der Waals surface area contributed by atoms with Gasteiger partial charge in [-0.2, -0.15) is 0 Å². The highest BCUT2D eigenvalue weighted by Gasteiger charge is 2.17. The number of nitrogens with one attached hydrogen (secondary N) is 1. The molecule has 2 rings (SSSR count). The second kappa shape index (κ2) is 6.84. The van der Waals surface area contributed by atoms with Gasteiger partial charge < -0.3 is 14.6 Å². The molecule has 0 spiro atoms. The SMILES string of the molecule is COC(=O)[C@H](C)CC(=O)Nc1ccc(-n2ccnc2)c(F)c1. The maximum atomic E-state index is 14.0. The number of amides is 1. The molecule has 0 bridgehead atoms. The van der Waals surface area contributed by atoms with E-state index >= 15 is 0 Å². The Morgan fingerprint density at radius 3 is 2.82 bits per heavy atom. The highest BCUT2D eigenvalue weighted by atomic mass is 19.1. The molecule has 0 aliphatic heterocycles. The molecular formula is C15H16FN3O3. The Bertz CT molecular complexity index is 671. The van der Waals surface area contributed by atoms with Crippen molar-refractivity contribution < 1.29 is 18.7 Å². The zero-order valence-electron chi connectivity index (χ0n) is 12.2. The quantitative estimate of drug-likeness (QED) is 0.859. The fraction of sp³-hybridized carbons (Fsp3) is 0.267. The van der Waals surface area contributed by atoms with Gasteiger partial charge in [0, 0.05) is 24.5 Å². The lowest BCUT2D eigenvalue weighted by atomic mass is 10.1. The molecule has 1 aromatic heterocycles. The largest absolute Gasteiger partial charge is 0.469 e. The number of methoxy groups -OCH3 is 1. The third kappa shape index (κ3) is 3.69. The van der Waals surface area contributed by atoms with E-state index in [-0.39, 0.29) is 12.3 Å². The van der Waals surface area contributed by atoms with Gasteiger partial charge in [0.15, 0.2) is 0 Å². The number of ether oxygens (including phenoxy) is 1. The molecular weight excluding hydrogens is 289 g/mol. The van der Waals surface area contributed by atoms with Gasteiger partial charge in [0.05, 0.1) is 25.0 Å². The van der Waals surface area contributed by atoms with Crippen LogP contribution in [0.5, 0.6) is 0 Å². The third-order valence-electron chi connectivity index (χ3n) is 3.11. The van der Waals surface area contributed by atoms with E-state index in [1.54, 1.807) is 25.4 Å². The molecule has 1 atom stereocenters. The van der Waals surface area contributed by atoms with Gasteiger partial charge in [-0.15, -0.1) is 0 Å². The van der Waals surface area contributed by atoms with Gasteiger partial charge in [0.25, 0.3) is 0 Å². The molecule has 0 fully saturated rings. The Morgan fingerprint density at radius 1 is 1.45 bits per heavy atom. The molecule has 1 heterocycles. The lowest BCUT2D eigenvalue weighted by Crippen LogP contribution is -2.21. The summed E-state index contributed by atoms with van der Waals surface area (Å²) in [7, 11) is 1.26. The topological polar surface area (TPSA) is 73.2 Å². The summed E-state index contributed by atoms with van der Waals surface area (Å²) in [5.41, 5.74) is 0.654. The van der Waals surface area contributed by atoms with E-state index in [9.17, 15) is 14.0 Å². The zero-order valence-corrected chi connectivity index (χ0v) is 12.2. The van der Waals surface area contributed by atoms with Crippen molar-refractivity contribution in [2.45, 2.75) is 13.3 Å². The van der Waals surface area contributed by atoms with Gasteiger partial charge in [-0.3, -0.25) is 9.59 Å². The number of hydrogen-bond acceptors (Lipinski definition) is 4. The van der Waals surface area contributed by atoms with Crippen LogP contribution in [0.3, 0.4) is 0 Å². The summed E-state index contributed by atoms with van der Waals surface area (Å²) in [6.07, 6.45) is 4.62. The van der Waals surface area contributed by atoms with Crippen LogP contribution < -0.4 is 5.32 Å². The van der Waals surface area contributed by atoms with E-state index < -0.39 is 17.7 Å². The second-order valence-electron chi connectivity index (χ2n) is 4.81. The lowest BCUT2D eigenvalue weighted by Gasteiger charge is -2.11. The van der Waals surface area contributed by atoms with E-state index in [0.29, 0.717) is 11.4 Å². The van der Waals surface area contributed by atoms with Crippen molar-refractivity contribution in [3.8, 4) is 5.69 Å². The monoisotopic (exact) mass is 305 g/mol. The Hall–Kier alpha value is -2.70. The Labute approximate surface area is 126 Å². The van der Waals surface area contributed by atoms with Crippen LogP contribution >= 0.6 is 0 Å². The van der Waals surface area contributed by atoms with Crippen molar-refractivity contribution in [3.05, 3.63) is 42.7 Å². The van der Waals surface area contributed by atoms with Crippen molar-refractivity contribution in [2.75, 3.05) is 12.4 Å². The van der Waals surface area contributed by atoms with Crippen molar-refractivity contribution in [1.82, 2.24) is 9.55 Å². The first kappa shape index (κ1) is 15.7. The van der Waals surface area contributed by atoms with E-state index in [1.807, 2.05) is 0 Å². The Balaban J connectivity index is 2.03. The average molecular weight is 305 g/mol. The maximum absolute atomic E-state index is 14.0. The number of nitrogens with zero attached hydrogens (tertiary/aromatic N) is 2. The summed E-state index contributed by atoms with van der Waals surface area (Å²) in [5.74, 6) is -1.89. The molecule has 0 saturated heterocycles. The molecule has 6 nitrogen and oxygen atoms in total. The molecule has 22 heavy (non-hydrogen) atoms. The number of hydrogen-bond donors (Lipinski definition) is 1. The van der Waals surface area contributed by atoms with E-state index in [1.165, 1.54) is 30.1 Å². The van der Waals surface area contributed by atoms with Crippen molar-refractivity contribution >= 4 is 17.6 Å². The summed E-state index contributed by atoms with van der Waals surface area (Å²) >= 11 is 0. The normalized spacial score (nSPS) is 11.8. The van der Waals surface area contributed by atoms with Gasteiger partial charge in [-0.25, -0.2) is 9.37 Å². The number of carbonyl (C=O) groups excluding carboxylic acids is 2. The molecule has 2 aromatic rings. The first-order valence-corrected chi connectivity index (χ1v) is 6.67. The molecule has 0 saturated carbocycles. The minimum atomic E-state index is -0.555. The molecule has 1 aromatic carbocycles. The van der Waals surface area contributed by atoms with Gasteiger partial charge in [0.2, 0.25) is 5.91 Å². The summed E-state index contributed by atoms with van der Waals surface area (Å²) in [5, 5.41) is 2.55. The first-order chi connectivity index (χ1) is 10.5. The third-order valence-corrected chi connectivity index (χ3v) is 3.11. The predicted molar refractivity (Wildman–Crippen MR) is 77.9 cm³/mol. The molecule has 0 aliphatic carbocycles. The van der Waals surface area contributed by atoms with Crippen LogP contribution in [0.2, 0.25) is 0 Å². The molecule has 0 radical (unpaired) electrons. The number of halogens is 1. The molecule has 116 valence electrons. The fourth-order valence-electron chi connectivity index (χ4n) is 1.97.